The molecule has 1 saturated heterocycles. The number of likely N-dealkylation sites (N-methyl/N-ethyl adjacent to an activating group) is 1. The summed E-state index contributed by atoms with van der Waals surface area (Å²) in [7, 11) is 3.60. The molecule has 0 spiro atoms. The maximum atomic E-state index is 12.6. The summed E-state index contributed by atoms with van der Waals surface area (Å²) >= 11 is 0. The molecule has 1 aromatic carbocycles. The van der Waals surface area contributed by atoms with E-state index in [0.29, 0.717) is 19.5 Å². The Hall–Kier alpha value is -2.67. The minimum absolute atomic E-state index is 0.0515. The maximum Gasteiger partial charge on any atom is 0.242 e. The van der Waals surface area contributed by atoms with Crippen LogP contribution in [0.5, 0.6) is 0 Å². The molecule has 1 atom stereocenters. The highest BCUT2D eigenvalue weighted by atomic mass is 16.2. The second-order valence-corrected chi connectivity index (χ2v) is 7.32. The first kappa shape index (κ1) is 20.1. The van der Waals surface area contributed by atoms with Crippen molar-refractivity contribution in [3.8, 4) is 0 Å². The molecular weight excluding hydrogens is 354 g/mol. The fourth-order valence-electron chi connectivity index (χ4n) is 3.65. The van der Waals surface area contributed by atoms with Crippen LogP contribution in [0.1, 0.15) is 36.4 Å². The molecule has 1 aliphatic rings. The Morgan fingerprint density at radius 2 is 1.93 bits per heavy atom. The smallest absolute Gasteiger partial charge is 0.242 e. The normalized spacial score (nSPS) is 16.0. The number of likely N-dealkylation sites (tertiary alicyclic amines) is 1. The monoisotopic (exact) mass is 383 g/mol. The van der Waals surface area contributed by atoms with Gasteiger partial charge >= 0.3 is 0 Å². The van der Waals surface area contributed by atoms with Gasteiger partial charge in [0.15, 0.2) is 0 Å². The average molecular weight is 383 g/mol. The fraction of sp³-hybridized carbons (Fsp3) is 0.476. The number of carbonyl (C=O) groups is 2. The SMILES string of the molecule is CNC(C(=O)NC1CCN(C(=O)CCc2ccccc2)CC1)c1cnn(C)c1. The number of piperidine rings is 1. The number of rotatable bonds is 7. The predicted octanol–water partition coefficient (Wildman–Crippen LogP) is 1.42. The van der Waals surface area contributed by atoms with Crippen LogP contribution in [0.2, 0.25) is 0 Å². The number of aryl methyl sites for hydroxylation is 2. The predicted molar refractivity (Wildman–Crippen MR) is 108 cm³/mol. The van der Waals surface area contributed by atoms with Crippen LogP contribution in [0.25, 0.3) is 0 Å². The number of carbonyl (C=O) groups excluding carboxylic acids is 2. The molecule has 2 amide bonds. The lowest BCUT2D eigenvalue weighted by Gasteiger charge is -2.33. The number of nitrogens with zero attached hydrogens (tertiary/aromatic N) is 3. The van der Waals surface area contributed by atoms with Gasteiger partial charge in [-0.1, -0.05) is 30.3 Å². The van der Waals surface area contributed by atoms with Gasteiger partial charge in [-0.25, -0.2) is 0 Å². The van der Waals surface area contributed by atoms with Crippen molar-refractivity contribution in [2.24, 2.45) is 7.05 Å². The van der Waals surface area contributed by atoms with E-state index < -0.39 is 6.04 Å². The van der Waals surface area contributed by atoms with E-state index in [1.165, 1.54) is 5.56 Å². The van der Waals surface area contributed by atoms with Crippen molar-refractivity contribution in [1.82, 2.24) is 25.3 Å². The van der Waals surface area contributed by atoms with E-state index in [-0.39, 0.29) is 17.9 Å². The second-order valence-electron chi connectivity index (χ2n) is 7.32. The van der Waals surface area contributed by atoms with Crippen molar-refractivity contribution in [2.45, 2.75) is 37.8 Å². The molecule has 0 saturated carbocycles. The molecule has 0 aliphatic carbocycles. The number of nitrogens with one attached hydrogen (secondary N) is 2. The minimum atomic E-state index is -0.417. The molecule has 1 aromatic heterocycles. The Kier molecular flexibility index (Phi) is 6.81. The third-order valence-corrected chi connectivity index (χ3v) is 5.27. The number of hydrogen-bond donors (Lipinski definition) is 2. The summed E-state index contributed by atoms with van der Waals surface area (Å²) in [4.78, 5) is 27.0. The molecule has 7 heteroatoms. The second kappa shape index (κ2) is 9.50. The number of hydrogen-bond acceptors (Lipinski definition) is 4. The Bertz CT molecular complexity index is 781. The lowest BCUT2D eigenvalue weighted by atomic mass is 10.0. The summed E-state index contributed by atoms with van der Waals surface area (Å²) < 4.78 is 1.69. The maximum absolute atomic E-state index is 12.6. The minimum Gasteiger partial charge on any atom is -0.352 e. The van der Waals surface area contributed by atoms with Crippen molar-refractivity contribution >= 4 is 11.8 Å². The van der Waals surface area contributed by atoms with Crippen LogP contribution in [0.4, 0.5) is 0 Å². The molecule has 28 heavy (non-hydrogen) atoms. The van der Waals surface area contributed by atoms with Crippen molar-refractivity contribution < 1.29 is 9.59 Å². The van der Waals surface area contributed by atoms with Gasteiger partial charge in [0, 0.05) is 44.4 Å². The Labute approximate surface area is 166 Å². The summed E-state index contributed by atoms with van der Waals surface area (Å²) in [5.41, 5.74) is 2.03. The van der Waals surface area contributed by atoms with E-state index in [2.05, 4.69) is 27.9 Å². The van der Waals surface area contributed by atoms with E-state index in [1.54, 1.807) is 17.9 Å². The number of benzene rings is 1. The van der Waals surface area contributed by atoms with E-state index in [9.17, 15) is 9.59 Å². The van der Waals surface area contributed by atoms with Crippen LogP contribution in [0.15, 0.2) is 42.7 Å². The molecule has 7 nitrogen and oxygen atoms in total. The third-order valence-electron chi connectivity index (χ3n) is 5.27. The molecule has 1 aliphatic heterocycles. The largest absolute Gasteiger partial charge is 0.352 e. The zero-order valence-electron chi connectivity index (χ0n) is 16.6. The molecule has 2 aromatic rings. The Morgan fingerprint density at radius 1 is 1.21 bits per heavy atom. The quantitative estimate of drug-likeness (QED) is 0.758. The van der Waals surface area contributed by atoms with Crippen molar-refractivity contribution in [3.05, 3.63) is 53.9 Å². The van der Waals surface area contributed by atoms with E-state index in [0.717, 1.165) is 24.8 Å². The van der Waals surface area contributed by atoms with Gasteiger partial charge in [-0.3, -0.25) is 14.3 Å². The highest BCUT2D eigenvalue weighted by Crippen LogP contribution is 2.16. The van der Waals surface area contributed by atoms with E-state index in [1.807, 2.05) is 36.3 Å². The summed E-state index contributed by atoms with van der Waals surface area (Å²) in [6.45, 7) is 1.38. The van der Waals surface area contributed by atoms with Crippen molar-refractivity contribution in [1.29, 1.82) is 0 Å². The van der Waals surface area contributed by atoms with E-state index >= 15 is 0 Å². The molecule has 2 heterocycles. The van der Waals surface area contributed by atoms with Gasteiger partial charge < -0.3 is 15.5 Å². The molecule has 1 unspecified atom stereocenters. The fourth-order valence-corrected chi connectivity index (χ4v) is 3.65. The zero-order chi connectivity index (χ0) is 19.9. The molecule has 1 fully saturated rings. The first-order chi connectivity index (χ1) is 13.6. The van der Waals surface area contributed by atoms with Crippen molar-refractivity contribution in [2.75, 3.05) is 20.1 Å². The molecule has 3 rings (SSSR count). The van der Waals surface area contributed by atoms with Gasteiger partial charge in [-0.15, -0.1) is 0 Å². The van der Waals surface area contributed by atoms with Gasteiger partial charge in [0.05, 0.1) is 6.20 Å². The van der Waals surface area contributed by atoms with Crippen LogP contribution in [0.3, 0.4) is 0 Å². The molecule has 150 valence electrons. The third kappa shape index (κ3) is 5.19. The van der Waals surface area contributed by atoms with Crippen LogP contribution >= 0.6 is 0 Å². The van der Waals surface area contributed by atoms with Crippen LogP contribution in [0, 0.1) is 0 Å². The zero-order valence-corrected chi connectivity index (χ0v) is 16.6. The average Bonchev–Trinajstić information content (AvgIpc) is 3.14. The number of aromatic nitrogens is 2. The summed E-state index contributed by atoms with van der Waals surface area (Å²) in [6, 6.07) is 9.76. The highest BCUT2D eigenvalue weighted by molar-refractivity contribution is 5.83. The first-order valence-electron chi connectivity index (χ1n) is 9.84. The highest BCUT2D eigenvalue weighted by Gasteiger charge is 2.27. The summed E-state index contributed by atoms with van der Waals surface area (Å²) in [6.07, 6.45) is 6.41. The van der Waals surface area contributed by atoms with Crippen LogP contribution < -0.4 is 10.6 Å². The summed E-state index contributed by atoms with van der Waals surface area (Å²) in [5.74, 6) is 0.140. The Morgan fingerprint density at radius 3 is 2.54 bits per heavy atom. The van der Waals surface area contributed by atoms with Crippen molar-refractivity contribution in [3.63, 3.8) is 0 Å². The van der Waals surface area contributed by atoms with Gasteiger partial charge in [-0.2, -0.15) is 5.10 Å². The molecular formula is C21H29N5O2. The van der Waals surface area contributed by atoms with Gasteiger partial charge in [0.25, 0.3) is 0 Å². The van der Waals surface area contributed by atoms with Gasteiger partial charge in [0.1, 0.15) is 6.04 Å². The van der Waals surface area contributed by atoms with Gasteiger partial charge in [0.2, 0.25) is 11.8 Å². The van der Waals surface area contributed by atoms with E-state index in [4.69, 9.17) is 0 Å². The molecule has 2 N–H and O–H groups in total. The number of amides is 2. The molecule has 0 bridgehead atoms. The lowest BCUT2D eigenvalue weighted by molar-refractivity contribution is -0.132. The van der Waals surface area contributed by atoms with Crippen LogP contribution in [-0.2, 0) is 23.1 Å². The molecule has 0 radical (unpaired) electrons. The first-order valence-corrected chi connectivity index (χ1v) is 9.84. The lowest BCUT2D eigenvalue weighted by Crippen LogP contribution is -2.48. The topological polar surface area (TPSA) is 79.3 Å². The standard InChI is InChI=1S/C21H29N5O2/c1-22-20(17-14-23-25(2)15-17)21(28)24-18-10-12-26(13-11-18)19(27)9-8-16-6-4-3-5-7-16/h3-7,14-15,18,20,22H,8-13H2,1-2H3,(H,24,28). The van der Waals surface area contributed by atoms with Gasteiger partial charge in [-0.05, 0) is 31.9 Å². The van der Waals surface area contributed by atoms with Crippen LogP contribution in [-0.4, -0.2) is 52.7 Å². The Balaban J connectivity index is 1.44. The summed E-state index contributed by atoms with van der Waals surface area (Å²) in [5, 5.41) is 10.3.